The molecule has 1 radical (unpaired) electrons. The number of pyridine rings is 1. The van der Waals surface area contributed by atoms with E-state index in [0.29, 0.717) is 0 Å². The summed E-state index contributed by atoms with van der Waals surface area (Å²) in [5.74, 6) is 0.547. The van der Waals surface area contributed by atoms with Crippen LogP contribution in [0.2, 0.25) is 0 Å². The van der Waals surface area contributed by atoms with Crippen molar-refractivity contribution < 1.29 is 30.0 Å². The minimum absolute atomic E-state index is 0. The van der Waals surface area contributed by atoms with Crippen LogP contribution in [-0.4, -0.2) is 15.9 Å². The van der Waals surface area contributed by atoms with Crippen molar-refractivity contribution in [1.29, 1.82) is 0 Å². The maximum Gasteiger partial charge on any atom is 0.162 e. The molecule has 0 saturated heterocycles. The van der Waals surface area contributed by atoms with Gasteiger partial charge in [0.15, 0.2) is 5.78 Å². The number of aromatic nitrogens is 1. The molecule has 0 spiro atoms. The van der Waals surface area contributed by atoms with E-state index < -0.39 is 0 Å². The Morgan fingerprint density at radius 3 is 2.19 bits per heavy atom. The summed E-state index contributed by atoms with van der Waals surface area (Å²) in [4.78, 5) is 17.9. The van der Waals surface area contributed by atoms with Crippen LogP contribution in [0.4, 0.5) is 0 Å². The number of aliphatic hydroxyl groups is 1. The molecule has 6 heteroatoms. The molecule has 3 nitrogen and oxygen atoms in total. The molecule has 43 heavy (non-hydrogen) atoms. The number of rotatable bonds is 8. The van der Waals surface area contributed by atoms with Crippen LogP contribution < -0.4 is 0 Å². The van der Waals surface area contributed by atoms with Gasteiger partial charge in [0.05, 0.1) is 5.76 Å². The normalized spacial score (nSPS) is 11.8. The molecule has 1 N–H and O–H groups in total. The van der Waals surface area contributed by atoms with Crippen LogP contribution in [0, 0.1) is 24.8 Å². The van der Waals surface area contributed by atoms with Crippen LogP contribution in [0.25, 0.3) is 52.3 Å². The molecule has 0 bridgehead atoms. The molecule has 0 unspecified atom stereocenters. The Bertz CT molecular complexity index is 1890. The summed E-state index contributed by atoms with van der Waals surface area (Å²) in [6.07, 6.45) is 6.84. The maximum absolute atomic E-state index is 11.7. The summed E-state index contributed by atoms with van der Waals surface area (Å²) in [5.41, 5.74) is 2.17. The molecule has 3 aromatic heterocycles. The Morgan fingerprint density at radius 1 is 0.837 bits per heavy atom. The number of fused-ring (bicyclic) bond motifs is 6. The third-order valence-electron chi connectivity index (χ3n) is 8.17. The number of hydrogen-bond acceptors (Lipinski definition) is 5. The van der Waals surface area contributed by atoms with E-state index in [1.807, 2.05) is 56.6 Å². The standard InChI is InChI=1S/C24H14NS2.C13H24O2.Ir/c1-14-12-19-16-7-3-2-6-15(16)13-20(23(19)26-14)22-24-18(10-11-25-22)17-8-4-5-9-21(17)27-24;1-5-10(6-2)12(14)9-13(15)11(7-3)8-4;/h2-12H,1H3;9-11,14H,5-8H2,1-4H3;/q-1;;/b;12-9-;. The summed E-state index contributed by atoms with van der Waals surface area (Å²) in [7, 11) is 0. The zero-order valence-corrected chi connectivity index (χ0v) is 29.4. The number of nitrogens with zero attached hydrogens (tertiary/aromatic N) is 1. The molecule has 6 rings (SSSR count). The Kier molecular flexibility index (Phi) is 11.3. The zero-order valence-electron chi connectivity index (χ0n) is 25.4. The van der Waals surface area contributed by atoms with E-state index in [9.17, 15) is 9.90 Å². The first-order valence-corrected chi connectivity index (χ1v) is 16.6. The average molecular weight is 785 g/mol. The van der Waals surface area contributed by atoms with E-state index in [4.69, 9.17) is 4.98 Å². The maximum atomic E-state index is 11.7. The van der Waals surface area contributed by atoms with E-state index in [1.165, 1.54) is 46.6 Å². The molecule has 0 fully saturated rings. The van der Waals surface area contributed by atoms with Crippen molar-refractivity contribution in [1.82, 2.24) is 4.98 Å². The Balaban J connectivity index is 0.000000230. The van der Waals surface area contributed by atoms with Crippen molar-refractivity contribution in [3.63, 3.8) is 0 Å². The Labute approximate surface area is 276 Å². The largest absolute Gasteiger partial charge is 0.512 e. The summed E-state index contributed by atoms with van der Waals surface area (Å²) in [5, 5.41) is 16.1. The van der Waals surface area contributed by atoms with Gasteiger partial charge in [-0.2, -0.15) is 11.3 Å². The van der Waals surface area contributed by atoms with Crippen LogP contribution >= 0.6 is 22.7 Å². The van der Waals surface area contributed by atoms with Gasteiger partial charge < -0.3 is 5.11 Å². The van der Waals surface area contributed by atoms with Gasteiger partial charge in [-0.15, -0.1) is 28.9 Å². The topological polar surface area (TPSA) is 50.2 Å². The van der Waals surface area contributed by atoms with Crippen LogP contribution in [0.5, 0.6) is 0 Å². The minimum atomic E-state index is 0. The van der Waals surface area contributed by atoms with Crippen molar-refractivity contribution in [3.8, 4) is 11.3 Å². The minimum Gasteiger partial charge on any atom is -0.512 e. The van der Waals surface area contributed by atoms with Crippen molar-refractivity contribution in [2.45, 2.75) is 60.3 Å². The summed E-state index contributed by atoms with van der Waals surface area (Å²) in [6, 6.07) is 25.3. The van der Waals surface area contributed by atoms with Gasteiger partial charge in [-0.05, 0) is 65.1 Å². The van der Waals surface area contributed by atoms with Crippen LogP contribution in [0.1, 0.15) is 58.3 Å². The van der Waals surface area contributed by atoms with Crippen molar-refractivity contribution in [2.24, 2.45) is 11.8 Å². The van der Waals surface area contributed by atoms with Gasteiger partial charge in [-0.1, -0.05) is 86.5 Å². The van der Waals surface area contributed by atoms with E-state index in [1.54, 1.807) is 0 Å². The summed E-state index contributed by atoms with van der Waals surface area (Å²) < 4.78 is 3.84. The third-order valence-corrected chi connectivity index (χ3v) is 10.4. The molecule has 3 aromatic carbocycles. The van der Waals surface area contributed by atoms with Gasteiger partial charge in [-0.25, -0.2) is 0 Å². The smallest absolute Gasteiger partial charge is 0.162 e. The Hall–Kier alpha value is -2.89. The number of thiophene rings is 2. The predicted molar refractivity (Wildman–Crippen MR) is 183 cm³/mol. The third kappa shape index (κ3) is 6.78. The Morgan fingerprint density at radius 2 is 1.49 bits per heavy atom. The first-order chi connectivity index (χ1) is 20.4. The average Bonchev–Trinajstić information content (AvgIpc) is 3.59. The molecule has 3 heterocycles. The molecule has 0 aliphatic rings. The number of aryl methyl sites for hydroxylation is 1. The molecule has 6 aromatic rings. The second kappa shape index (κ2) is 14.7. The van der Waals surface area contributed by atoms with Crippen molar-refractivity contribution in [2.75, 3.05) is 0 Å². The SMILES string of the molecule is CCC(CC)C(=O)/C=C(\O)C(CC)CC.Cc1cc2c(s1)c(-c1nccc3c1sc1ccccc13)[c-]c1ccccc12.[Ir]. The summed E-state index contributed by atoms with van der Waals surface area (Å²) in [6.45, 7) is 10.2. The van der Waals surface area contributed by atoms with Gasteiger partial charge in [0.1, 0.15) is 0 Å². The fourth-order valence-electron chi connectivity index (χ4n) is 5.69. The molecule has 0 aliphatic carbocycles. The van der Waals surface area contributed by atoms with Gasteiger partial charge in [-0.3, -0.25) is 9.78 Å². The fourth-order valence-corrected chi connectivity index (χ4v) is 7.92. The van der Waals surface area contributed by atoms with E-state index in [-0.39, 0.29) is 43.5 Å². The monoisotopic (exact) mass is 785 g/mol. The quantitative estimate of drug-likeness (QED) is 0.0950. The number of hydrogen-bond donors (Lipinski definition) is 1. The first kappa shape index (κ1) is 33.0. The van der Waals surface area contributed by atoms with E-state index in [0.717, 1.165) is 42.3 Å². The number of carbonyl (C=O) groups is 1. The molecule has 0 saturated carbocycles. The van der Waals surface area contributed by atoms with Crippen LogP contribution in [0.3, 0.4) is 0 Å². The zero-order chi connectivity index (χ0) is 29.8. The number of aliphatic hydroxyl groups excluding tert-OH is 1. The number of allylic oxidation sites excluding steroid dienone is 2. The second-order valence-corrected chi connectivity index (χ2v) is 13.1. The van der Waals surface area contributed by atoms with E-state index in [2.05, 4.69) is 73.7 Å². The molecule has 0 aliphatic heterocycles. The fraction of sp³-hybridized carbons (Fsp3) is 0.297. The van der Waals surface area contributed by atoms with Gasteiger partial charge >= 0.3 is 0 Å². The van der Waals surface area contributed by atoms with Gasteiger partial charge in [0.2, 0.25) is 0 Å². The van der Waals surface area contributed by atoms with E-state index >= 15 is 0 Å². The number of carbonyl (C=O) groups excluding carboxylic acids is 1. The molecule has 225 valence electrons. The van der Waals surface area contributed by atoms with Gasteiger partial charge in [0, 0.05) is 59.3 Å². The van der Waals surface area contributed by atoms with Gasteiger partial charge in [0.25, 0.3) is 0 Å². The number of ketones is 1. The summed E-state index contributed by atoms with van der Waals surface area (Å²) >= 11 is 3.66. The molecule has 0 amide bonds. The van der Waals surface area contributed by atoms with Crippen LogP contribution in [0.15, 0.2) is 78.7 Å². The predicted octanol–water partition coefficient (Wildman–Crippen LogP) is 11.5. The molecular formula is C37H38IrNO2S2-. The van der Waals surface area contributed by atoms with Crippen molar-refractivity contribution in [3.05, 3.63) is 89.6 Å². The number of benzene rings is 3. The van der Waals surface area contributed by atoms with Crippen molar-refractivity contribution >= 4 is 69.5 Å². The first-order valence-electron chi connectivity index (χ1n) is 14.9. The second-order valence-electron chi connectivity index (χ2n) is 10.8. The molecular weight excluding hydrogens is 747 g/mol. The van der Waals surface area contributed by atoms with Crippen LogP contribution in [-0.2, 0) is 24.9 Å². The molecule has 0 atom stereocenters.